The number of carbonyl (C=O) groups is 1. The van der Waals surface area contributed by atoms with Crippen LogP contribution in [0.4, 0.5) is 0 Å². The molecule has 1 amide bonds. The lowest BCUT2D eigenvalue weighted by molar-refractivity contribution is -0.140. The zero-order valence-corrected chi connectivity index (χ0v) is 14.0. The summed E-state index contributed by atoms with van der Waals surface area (Å²) in [6.45, 7) is 4.13. The molecule has 1 aromatic carbocycles. The molecule has 1 saturated carbocycles. The summed E-state index contributed by atoms with van der Waals surface area (Å²) in [6, 6.07) is 10.6. The third-order valence-corrected chi connectivity index (χ3v) is 6.47. The summed E-state index contributed by atoms with van der Waals surface area (Å²) in [5.41, 5.74) is 1.35. The number of piperidine rings is 1. The van der Waals surface area contributed by atoms with Crippen LogP contribution in [-0.2, 0) is 10.2 Å². The fourth-order valence-electron chi connectivity index (χ4n) is 5.19. The molecule has 2 heterocycles. The molecular weight excluding hydrogens is 284 g/mol. The number of carbonyl (C=O) groups excluding carboxylic acids is 1. The molecule has 3 nitrogen and oxygen atoms in total. The molecule has 0 bridgehead atoms. The molecule has 1 aliphatic carbocycles. The Balaban J connectivity index is 1.61. The van der Waals surface area contributed by atoms with E-state index in [4.69, 9.17) is 0 Å². The van der Waals surface area contributed by atoms with Crippen LogP contribution in [0, 0.1) is 5.41 Å². The number of benzene rings is 1. The van der Waals surface area contributed by atoms with Gasteiger partial charge in [0.25, 0.3) is 0 Å². The average Bonchev–Trinajstić information content (AvgIpc) is 3.26. The Morgan fingerprint density at radius 1 is 1.00 bits per heavy atom. The maximum Gasteiger partial charge on any atom is 0.233 e. The minimum Gasteiger partial charge on any atom is -0.341 e. The van der Waals surface area contributed by atoms with Gasteiger partial charge in [-0.2, -0.15) is 0 Å². The van der Waals surface area contributed by atoms with Gasteiger partial charge >= 0.3 is 0 Å². The Bertz CT molecular complexity index is 556. The van der Waals surface area contributed by atoms with Crippen molar-refractivity contribution in [3.8, 4) is 0 Å². The van der Waals surface area contributed by atoms with Gasteiger partial charge in [-0.1, -0.05) is 43.2 Å². The number of nitrogens with one attached hydrogen (secondary N) is 1. The van der Waals surface area contributed by atoms with Gasteiger partial charge in [0.1, 0.15) is 0 Å². The lowest BCUT2D eigenvalue weighted by Gasteiger charge is -2.43. The lowest BCUT2D eigenvalue weighted by Crippen LogP contribution is -2.53. The van der Waals surface area contributed by atoms with Crippen LogP contribution in [0.5, 0.6) is 0 Å². The molecule has 2 saturated heterocycles. The average molecular weight is 312 g/mol. The van der Waals surface area contributed by atoms with Gasteiger partial charge in [-0.05, 0) is 44.2 Å². The minimum absolute atomic E-state index is 0.244. The first kappa shape index (κ1) is 15.2. The number of amides is 1. The normalized spacial score (nSPS) is 30.0. The molecule has 3 fully saturated rings. The van der Waals surface area contributed by atoms with Gasteiger partial charge in [0.15, 0.2) is 0 Å². The fraction of sp³-hybridized carbons (Fsp3) is 0.650. The van der Waals surface area contributed by atoms with Crippen LogP contribution in [0.1, 0.15) is 50.5 Å². The fourth-order valence-corrected chi connectivity index (χ4v) is 5.19. The molecule has 2 aliphatic heterocycles. The van der Waals surface area contributed by atoms with E-state index in [9.17, 15) is 4.79 Å². The van der Waals surface area contributed by atoms with E-state index in [1.807, 2.05) is 0 Å². The summed E-state index contributed by atoms with van der Waals surface area (Å²) >= 11 is 0. The molecule has 124 valence electrons. The smallest absolute Gasteiger partial charge is 0.233 e. The lowest BCUT2D eigenvalue weighted by atomic mass is 9.74. The Morgan fingerprint density at radius 3 is 2.48 bits per heavy atom. The largest absolute Gasteiger partial charge is 0.341 e. The second kappa shape index (κ2) is 5.94. The summed E-state index contributed by atoms with van der Waals surface area (Å²) in [6.07, 6.45) is 8.09. The van der Waals surface area contributed by atoms with Crippen molar-refractivity contribution >= 4 is 5.91 Å². The zero-order chi connectivity index (χ0) is 15.8. The molecule has 1 N–H and O–H groups in total. The Morgan fingerprint density at radius 2 is 1.78 bits per heavy atom. The molecule has 0 radical (unpaired) electrons. The summed E-state index contributed by atoms with van der Waals surface area (Å²) in [7, 11) is 0. The van der Waals surface area contributed by atoms with E-state index in [0.717, 1.165) is 45.4 Å². The molecule has 3 heteroatoms. The van der Waals surface area contributed by atoms with E-state index < -0.39 is 0 Å². The molecule has 1 atom stereocenters. The molecule has 3 aliphatic rings. The first-order valence-corrected chi connectivity index (χ1v) is 9.30. The van der Waals surface area contributed by atoms with Crippen molar-refractivity contribution in [2.24, 2.45) is 5.41 Å². The van der Waals surface area contributed by atoms with Crippen molar-refractivity contribution in [1.29, 1.82) is 0 Å². The summed E-state index contributed by atoms with van der Waals surface area (Å²) in [4.78, 5) is 15.8. The SMILES string of the molecule is O=C(N1CCCC2(CCNC2)C1)C1(c2ccccc2)CCCC1. The van der Waals surface area contributed by atoms with Crippen molar-refractivity contribution in [3.05, 3.63) is 35.9 Å². The van der Waals surface area contributed by atoms with Gasteiger partial charge in [-0.25, -0.2) is 0 Å². The molecule has 4 rings (SSSR count). The number of likely N-dealkylation sites (tertiary alicyclic amines) is 1. The second-order valence-corrected chi connectivity index (χ2v) is 7.91. The van der Waals surface area contributed by atoms with Crippen LogP contribution < -0.4 is 5.32 Å². The monoisotopic (exact) mass is 312 g/mol. The van der Waals surface area contributed by atoms with Crippen molar-refractivity contribution in [2.75, 3.05) is 26.2 Å². The van der Waals surface area contributed by atoms with E-state index >= 15 is 0 Å². The predicted octanol–water partition coefficient (Wildman–Crippen LogP) is 3.10. The molecule has 0 aromatic heterocycles. The maximum atomic E-state index is 13.6. The van der Waals surface area contributed by atoms with Crippen molar-refractivity contribution < 1.29 is 4.79 Å². The standard InChI is InChI=1S/C20H28N2O/c23-18(22-14-6-9-19(16-22)12-13-21-15-19)20(10-4-5-11-20)17-7-2-1-3-8-17/h1-3,7-8,21H,4-6,9-16H2. The first-order chi connectivity index (χ1) is 11.2. The second-order valence-electron chi connectivity index (χ2n) is 7.91. The van der Waals surface area contributed by atoms with Gasteiger partial charge in [0, 0.05) is 25.0 Å². The molecule has 1 aromatic rings. The van der Waals surface area contributed by atoms with Crippen molar-refractivity contribution in [3.63, 3.8) is 0 Å². The van der Waals surface area contributed by atoms with Crippen molar-refractivity contribution in [2.45, 2.75) is 50.4 Å². The van der Waals surface area contributed by atoms with Gasteiger partial charge in [0.2, 0.25) is 5.91 Å². The van der Waals surface area contributed by atoms with E-state index in [1.165, 1.54) is 31.2 Å². The van der Waals surface area contributed by atoms with Gasteiger partial charge in [-0.3, -0.25) is 4.79 Å². The van der Waals surface area contributed by atoms with Gasteiger partial charge < -0.3 is 10.2 Å². The first-order valence-electron chi connectivity index (χ1n) is 9.30. The van der Waals surface area contributed by atoms with E-state index in [2.05, 4.69) is 40.5 Å². The molecule has 23 heavy (non-hydrogen) atoms. The van der Waals surface area contributed by atoms with Crippen LogP contribution in [0.25, 0.3) is 0 Å². The Kier molecular flexibility index (Phi) is 3.92. The van der Waals surface area contributed by atoms with E-state index in [1.54, 1.807) is 0 Å². The number of hydrogen-bond donors (Lipinski definition) is 1. The summed E-state index contributed by atoms with van der Waals surface area (Å²) in [5, 5.41) is 3.52. The van der Waals surface area contributed by atoms with Crippen LogP contribution in [-0.4, -0.2) is 37.0 Å². The third-order valence-electron chi connectivity index (χ3n) is 6.47. The zero-order valence-electron chi connectivity index (χ0n) is 14.0. The van der Waals surface area contributed by atoms with Gasteiger partial charge in [0.05, 0.1) is 5.41 Å². The van der Waals surface area contributed by atoms with Crippen LogP contribution in [0.2, 0.25) is 0 Å². The highest BCUT2D eigenvalue weighted by Gasteiger charge is 2.48. The molecule has 1 unspecified atom stereocenters. The quantitative estimate of drug-likeness (QED) is 0.910. The molecule has 1 spiro atoms. The topological polar surface area (TPSA) is 32.3 Å². The Labute approximate surface area is 139 Å². The minimum atomic E-state index is -0.244. The highest BCUT2D eigenvalue weighted by atomic mass is 16.2. The number of hydrogen-bond acceptors (Lipinski definition) is 2. The van der Waals surface area contributed by atoms with Crippen molar-refractivity contribution in [1.82, 2.24) is 10.2 Å². The highest BCUT2D eigenvalue weighted by Crippen LogP contribution is 2.44. The van der Waals surface area contributed by atoms with Crippen LogP contribution in [0.3, 0.4) is 0 Å². The summed E-state index contributed by atoms with van der Waals surface area (Å²) < 4.78 is 0. The van der Waals surface area contributed by atoms with E-state index in [-0.39, 0.29) is 5.41 Å². The van der Waals surface area contributed by atoms with Crippen LogP contribution in [0.15, 0.2) is 30.3 Å². The highest BCUT2D eigenvalue weighted by molar-refractivity contribution is 5.88. The Hall–Kier alpha value is -1.35. The van der Waals surface area contributed by atoms with E-state index in [0.29, 0.717) is 11.3 Å². The maximum absolute atomic E-state index is 13.6. The number of nitrogens with zero attached hydrogens (tertiary/aromatic N) is 1. The van der Waals surface area contributed by atoms with Crippen LogP contribution >= 0.6 is 0 Å². The van der Waals surface area contributed by atoms with Gasteiger partial charge in [-0.15, -0.1) is 0 Å². The third kappa shape index (κ3) is 2.59. The predicted molar refractivity (Wildman–Crippen MR) is 92.3 cm³/mol. The summed E-state index contributed by atoms with van der Waals surface area (Å²) in [5.74, 6) is 0.409. The molecular formula is C20H28N2O. The number of rotatable bonds is 2.